The molecular weight excluding hydrogens is 284 g/mol. The summed E-state index contributed by atoms with van der Waals surface area (Å²) < 4.78 is 0. The van der Waals surface area contributed by atoms with E-state index < -0.39 is 0 Å². The van der Waals surface area contributed by atoms with E-state index in [9.17, 15) is 14.7 Å². The van der Waals surface area contributed by atoms with Crippen molar-refractivity contribution < 1.29 is 14.7 Å². The van der Waals surface area contributed by atoms with Crippen LogP contribution in [0.15, 0.2) is 18.3 Å². The predicted molar refractivity (Wildman–Crippen MR) is 81.2 cm³/mol. The van der Waals surface area contributed by atoms with Gasteiger partial charge >= 0.3 is 0 Å². The number of carbonyl (C=O) groups is 2. The molecule has 1 aromatic rings. The van der Waals surface area contributed by atoms with Gasteiger partial charge in [-0.3, -0.25) is 9.59 Å². The van der Waals surface area contributed by atoms with E-state index in [1.165, 1.54) is 12.3 Å². The van der Waals surface area contributed by atoms with Crippen molar-refractivity contribution >= 4 is 11.8 Å². The molecule has 0 aromatic carbocycles. The van der Waals surface area contributed by atoms with Crippen molar-refractivity contribution in [2.24, 2.45) is 5.73 Å². The number of hydrogen-bond donors (Lipinski definition) is 4. The first-order chi connectivity index (χ1) is 10.6. The minimum Gasteiger partial charge on any atom is -0.493 e. The van der Waals surface area contributed by atoms with E-state index in [2.05, 4.69) is 15.6 Å². The summed E-state index contributed by atoms with van der Waals surface area (Å²) >= 11 is 0. The molecule has 2 amide bonds. The second-order valence-corrected chi connectivity index (χ2v) is 5.53. The van der Waals surface area contributed by atoms with E-state index in [1.807, 2.05) is 0 Å². The summed E-state index contributed by atoms with van der Waals surface area (Å²) in [7, 11) is 0. The van der Waals surface area contributed by atoms with Gasteiger partial charge in [0.25, 0.3) is 5.91 Å². The van der Waals surface area contributed by atoms with Crippen molar-refractivity contribution in [1.82, 2.24) is 15.6 Å². The molecule has 7 heteroatoms. The molecule has 120 valence electrons. The zero-order valence-electron chi connectivity index (χ0n) is 12.4. The molecule has 1 aliphatic rings. The number of hydrogen-bond acceptors (Lipinski definition) is 5. The summed E-state index contributed by atoms with van der Waals surface area (Å²) in [5.74, 6) is -0.394. The smallest absolute Gasteiger partial charge is 0.251 e. The Labute approximate surface area is 129 Å². The summed E-state index contributed by atoms with van der Waals surface area (Å²) in [6.07, 6.45) is 5.05. The van der Waals surface area contributed by atoms with Gasteiger partial charge in [0.2, 0.25) is 11.8 Å². The molecule has 0 atom stereocenters. The third-order valence-corrected chi connectivity index (χ3v) is 3.81. The van der Waals surface area contributed by atoms with Crippen molar-refractivity contribution in [3.8, 4) is 5.88 Å². The highest BCUT2D eigenvalue weighted by Gasteiger charge is 2.23. The van der Waals surface area contributed by atoms with Crippen LogP contribution in [0.2, 0.25) is 0 Å². The van der Waals surface area contributed by atoms with Crippen LogP contribution in [-0.4, -0.2) is 40.5 Å². The van der Waals surface area contributed by atoms with Crippen LogP contribution in [0, 0.1) is 0 Å². The van der Waals surface area contributed by atoms with Crippen LogP contribution in [0.5, 0.6) is 5.88 Å². The maximum Gasteiger partial charge on any atom is 0.251 e. The summed E-state index contributed by atoms with van der Waals surface area (Å²) in [5.41, 5.74) is 5.74. The molecule has 2 rings (SSSR count). The van der Waals surface area contributed by atoms with E-state index in [0.717, 1.165) is 25.7 Å². The maximum absolute atomic E-state index is 12.1. The lowest BCUT2D eigenvalue weighted by atomic mass is 9.91. The van der Waals surface area contributed by atoms with Crippen molar-refractivity contribution in [1.29, 1.82) is 0 Å². The van der Waals surface area contributed by atoms with E-state index in [-0.39, 0.29) is 29.8 Å². The fourth-order valence-electron chi connectivity index (χ4n) is 2.64. The first kappa shape index (κ1) is 16.2. The van der Waals surface area contributed by atoms with Crippen molar-refractivity contribution in [2.75, 3.05) is 6.54 Å². The molecule has 0 spiro atoms. The first-order valence-electron chi connectivity index (χ1n) is 7.54. The highest BCUT2D eigenvalue weighted by atomic mass is 16.3. The number of aromatic hydroxyl groups is 1. The summed E-state index contributed by atoms with van der Waals surface area (Å²) in [4.78, 5) is 27.2. The Bertz CT molecular complexity index is 527. The molecule has 22 heavy (non-hydrogen) atoms. The van der Waals surface area contributed by atoms with Gasteiger partial charge < -0.3 is 21.5 Å². The molecule has 0 saturated heterocycles. The average Bonchev–Trinajstić information content (AvgIpc) is 2.49. The molecule has 1 saturated carbocycles. The fraction of sp³-hybridized carbons (Fsp3) is 0.533. The number of carbonyl (C=O) groups excluding carboxylic acids is 2. The van der Waals surface area contributed by atoms with Crippen LogP contribution >= 0.6 is 0 Å². The van der Waals surface area contributed by atoms with Gasteiger partial charge in [0, 0.05) is 42.9 Å². The van der Waals surface area contributed by atoms with Gasteiger partial charge in [-0.05, 0) is 31.7 Å². The Kier molecular flexibility index (Phi) is 5.71. The Hall–Kier alpha value is -2.15. The lowest BCUT2D eigenvalue weighted by molar-refractivity contribution is -0.121. The molecule has 0 unspecified atom stereocenters. The highest BCUT2D eigenvalue weighted by molar-refractivity contribution is 5.94. The molecule has 5 N–H and O–H groups in total. The number of nitrogens with two attached hydrogens (primary N) is 1. The van der Waals surface area contributed by atoms with Crippen LogP contribution in [-0.2, 0) is 4.79 Å². The van der Waals surface area contributed by atoms with Crippen LogP contribution in [0.4, 0.5) is 0 Å². The SMILES string of the molecule is NCCC(=O)N[C@H]1CC[C@H](NC(=O)c2ccnc(O)c2)CC1. The van der Waals surface area contributed by atoms with Gasteiger partial charge in [0.1, 0.15) is 0 Å². The second-order valence-electron chi connectivity index (χ2n) is 5.53. The first-order valence-corrected chi connectivity index (χ1v) is 7.54. The fourth-order valence-corrected chi connectivity index (χ4v) is 2.64. The van der Waals surface area contributed by atoms with Gasteiger partial charge in [-0.25, -0.2) is 4.98 Å². The van der Waals surface area contributed by atoms with Crippen LogP contribution < -0.4 is 16.4 Å². The predicted octanol–water partition coefficient (Wildman–Crippen LogP) is 0.293. The van der Waals surface area contributed by atoms with Gasteiger partial charge in [0.05, 0.1) is 0 Å². The molecule has 0 radical (unpaired) electrons. The van der Waals surface area contributed by atoms with Crippen molar-refractivity contribution in [3.63, 3.8) is 0 Å². The third-order valence-electron chi connectivity index (χ3n) is 3.81. The molecule has 0 bridgehead atoms. The number of nitrogens with one attached hydrogen (secondary N) is 2. The van der Waals surface area contributed by atoms with Crippen LogP contribution in [0.25, 0.3) is 0 Å². The standard InChI is InChI=1S/C15H22N4O3/c16-7-5-13(20)18-11-1-3-12(4-2-11)19-15(22)10-6-8-17-14(21)9-10/h6,8-9,11-12H,1-5,7,16H2,(H,17,21)(H,18,20)(H,19,22)/t11-,12-. The Balaban J connectivity index is 1.77. The van der Waals surface area contributed by atoms with Gasteiger partial charge in [-0.2, -0.15) is 0 Å². The number of rotatable bonds is 5. The zero-order valence-corrected chi connectivity index (χ0v) is 12.4. The number of amides is 2. The Morgan fingerprint density at radius 2 is 1.86 bits per heavy atom. The molecule has 0 aliphatic heterocycles. The molecule has 1 aromatic heterocycles. The summed E-state index contributed by atoms with van der Waals surface area (Å²) in [5, 5.41) is 15.2. The van der Waals surface area contributed by atoms with Crippen molar-refractivity contribution in [2.45, 2.75) is 44.2 Å². The molecular formula is C15H22N4O3. The minimum atomic E-state index is -0.215. The Morgan fingerprint density at radius 3 is 2.45 bits per heavy atom. The lowest BCUT2D eigenvalue weighted by Crippen LogP contribution is -2.44. The monoisotopic (exact) mass is 306 g/mol. The van der Waals surface area contributed by atoms with Crippen LogP contribution in [0.3, 0.4) is 0 Å². The largest absolute Gasteiger partial charge is 0.493 e. The number of nitrogens with zero attached hydrogens (tertiary/aromatic N) is 1. The Morgan fingerprint density at radius 1 is 1.23 bits per heavy atom. The molecule has 1 aliphatic carbocycles. The van der Waals surface area contributed by atoms with E-state index in [1.54, 1.807) is 6.07 Å². The molecule has 7 nitrogen and oxygen atoms in total. The average molecular weight is 306 g/mol. The minimum absolute atomic E-state index is 0.0118. The molecule has 1 fully saturated rings. The zero-order chi connectivity index (χ0) is 15.9. The van der Waals surface area contributed by atoms with E-state index in [4.69, 9.17) is 5.73 Å². The highest BCUT2D eigenvalue weighted by Crippen LogP contribution is 2.19. The van der Waals surface area contributed by atoms with Gasteiger partial charge in [-0.1, -0.05) is 0 Å². The normalized spacial score (nSPS) is 21.1. The van der Waals surface area contributed by atoms with Gasteiger partial charge in [0.15, 0.2) is 0 Å². The quantitative estimate of drug-likeness (QED) is 0.624. The van der Waals surface area contributed by atoms with Crippen LogP contribution in [0.1, 0.15) is 42.5 Å². The van der Waals surface area contributed by atoms with E-state index in [0.29, 0.717) is 18.5 Å². The second kappa shape index (κ2) is 7.74. The van der Waals surface area contributed by atoms with Gasteiger partial charge in [-0.15, -0.1) is 0 Å². The third kappa shape index (κ3) is 4.70. The lowest BCUT2D eigenvalue weighted by Gasteiger charge is -2.29. The number of aromatic nitrogens is 1. The summed E-state index contributed by atoms with van der Waals surface area (Å²) in [6.45, 7) is 0.357. The summed E-state index contributed by atoms with van der Waals surface area (Å²) in [6, 6.07) is 3.16. The molecule has 1 heterocycles. The van der Waals surface area contributed by atoms with Crippen molar-refractivity contribution in [3.05, 3.63) is 23.9 Å². The topological polar surface area (TPSA) is 117 Å². The van der Waals surface area contributed by atoms with E-state index >= 15 is 0 Å². The number of pyridine rings is 1. The maximum atomic E-state index is 12.1.